The number of allylic oxidation sites excluding steroid dienone is 1. The van der Waals surface area contributed by atoms with Gasteiger partial charge in [-0.2, -0.15) is 0 Å². The van der Waals surface area contributed by atoms with Gasteiger partial charge in [-0.15, -0.1) is 0 Å². The lowest BCUT2D eigenvalue weighted by atomic mass is 10.1. The van der Waals surface area contributed by atoms with Gasteiger partial charge in [0, 0.05) is 12.6 Å². The predicted octanol–water partition coefficient (Wildman–Crippen LogP) is 1.86. The van der Waals surface area contributed by atoms with E-state index in [0.29, 0.717) is 12.0 Å². The Hall–Kier alpha value is -1.64. The fourth-order valence-electron chi connectivity index (χ4n) is 0.996. The van der Waals surface area contributed by atoms with Crippen molar-refractivity contribution in [3.63, 3.8) is 0 Å². The van der Waals surface area contributed by atoms with Crippen LogP contribution in [-0.4, -0.2) is 6.21 Å². The normalized spacial score (nSPS) is 11.3. The molecule has 0 radical (unpaired) electrons. The lowest BCUT2D eigenvalue weighted by Gasteiger charge is -2.00. The molecule has 0 spiro atoms. The number of hydrogen-bond acceptors (Lipinski definition) is 2. The van der Waals surface area contributed by atoms with Crippen LogP contribution in [0.2, 0.25) is 0 Å². The van der Waals surface area contributed by atoms with Gasteiger partial charge >= 0.3 is 0 Å². The highest BCUT2D eigenvalue weighted by molar-refractivity contribution is 5.76. The first-order valence-electron chi connectivity index (χ1n) is 3.92. The lowest BCUT2D eigenvalue weighted by molar-refractivity contribution is 0.627. The highest BCUT2D eigenvalue weighted by atomic mass is 19.1. The third-order valence-electron chi connectivity index (χ3n) is 1.72. The van der Waals surface area contributed by atoms with E-state index in [0.717, 1.165) is 5.56 Å². The van der Waals surface area contributed by atoms with Crippen LogP contribution in [0.5, 0.6) is 0 Å². The van der Waals surface area contributed by atoms with Crippen LogP contribution in [0.3, 0.4) is 0 Å². The van der Waals surface area contributed by atoms with Gasteiger partial charge in [0.15, 0.2) is 0 Å². The second-order valence-electron chi connectivity index (χ2n) is 2.69. The van der Waals surface area contributed by atoms with Crippen LogP contribution >= 0.6 is 0 Å². The predicted molar refractivity (Wildman–Crippen MR) is 51.2 cm³/mol. The van der Waals surface area contributed by atoms with Crippen molar-refractivity contribution in [2.45, 2.75) is 6.42 Å². The summed E-state index contributed by atoms with van der Waals surface area (Å²) >= 11 is 0. The molecule has 68 valence electrons. The molecule has 13 heavy (non-hydrogen) atoms. The molecule has 0 saturated heterocycles. The van der Waals surface area contributed by atoms with E-state index in [9.17, 15) is 4.39 Å². The monoisotopic (exact) mass is 178 g/mol. The van der Waals surface area contributed by atoms with Crippen molar-refractivity contribution < 1.29 is 4.39 Å². The maximum Gasteiger partial charge on any atom is 0.123 e. The maximum atomic E-state index is 12.5. The van der Waals surface area contributed by atoms with Crippen LogP contribution in [0.1, 0.15) is 5.56 Å². The molecule has 0 aliphatic rings. The number of halogens is 1. The van der Waals surface area contributed by atoms with Gasteiger partial charge in [0.05, 0.1) is 0 Å². The summed E-state index contributed by atoms with van der Waals surface area (Å²) in [4.78, 5) is 0. The molecule has 3 heteroatoms. The minimum atomic E-state index is -0.253. The zero-order valence-corrected chi connectivity index (χ0v) is 7.13. The van der Waals surface area contributed by atoms with Crippen molar-refractivity contribution in [3.8, 4) is 0 Å². The van der Waals surface area contributed by atoms with E-state index >= 15 is 0 Å². The van der Waals surface area contributed by atoms with Gasteiger partial charge in [0.2, 0.25) is 0 Å². The van der Waals surface area contributed by atoms with E-state index in [-0.39, 0.29) is 5.82 Å². The summed E-state index contributed by atoms with van der Waals surface area (Å²) in [5.74, 6) is -0.253. The van der Waals surface area contributed by atoms with Crippen molar-refractivity contribution in [2.24, 2.45) is 5.73 Å². The Morgan fingerprint density at radius 1 is 1.38 bits per heavy atom. The van der Waals surface area contributed by atoms with Gasteiger partial charge in [-0.25, -0.2) is 4.39 Å². The first kappa shape index (κ1) is 9.45. The van der Waals surface area contributed by atoms with Gasteiger partial charge in [-0.1, -0.05) is 12.1 Å². The third kappa shape index (κ3) is 2.71. The second kappa shape index (κ2) is 4.40. The Kier molecular flexibility index (Phi) is 3.20. The molecule has 0 aliphatic heterocycles. The van der Waals surface area contributed by atoms with E-state index in [1.165, 1.54) is 24.5 Å². The van der Waals surface area contributed by atoms with Gasteiger partial charge in [0.1, 0.15) is 5.82 Å². The molecule has 1 rings (SSSR count). The summed E-state index contributed by atoms with van der Waals surface area (Å²) in [6.07, 6.45) is 3.15. The summed E-state index contributed by atoms with van der Waals surface area (Å²) in [7, 11) is 0. The maximum absolute atomic E-state index is 12.5. The smallest absolute Gasteiger partial charge is 0.123 e. The third-order valence-corrected chi connectivity index (χ3v) is 1.72. The van der Waals surface area contributed by atoms with Crippen molar-refractivity contribution in [1.29, 1.82) is 5.41 Å². The number of nitrogens with two attached hydrogens (primary N) is 1. The molecule has 0 heterocycles. The first-order valence-corrected chi connectivity index (χ1v) is 3.92. The van der Waals surface area contributed by atoms with E-state index in [1.54, 1.807) is 12.1 Å². The molecule has 0 atom stereocenters. The van der Waals surface area contributed by atoms with Crippen LogP contribution in [0, 0.1) is 11.2 Å². The zero-order valence-electron chi connectivity index (χ0n) is 7.13. The van der Waals surface area contributed by atoms with E-state index in [2.05, 4.69) is 0 Å². The average molecular weight is 178 g/mol. The minimum Gasteiger partial charge on any atom is -0.404 e. The first-order chi connectivity index (χ1) is 6.26. The second-order valence-corrected chi connectivity index (χ2v) is 2.69. The highest BCUT2D eigenvalue weighted by Crippen LogP contribution is 2.07. The van der Waals surface area contributed by atoms with Gasteiger partial charge in [0.25, 0.3) is 0 Å². The molecule has 0 unspecified atom stereocenters. The van der Waals surface area contributed by atoms with Gasteiger partial charge in [-0.05, 0) is 29.5 Å². The summed E-state index contributed by atoms with van der Waals surface area (Å²) in [6.45, 7) is 0. The molecular formula is C10H11FN2. The van der Waals surface area contributed by atoms with E-state index < -0.39 is 0 Å². The molecule has 3 N–H and O–H groups in total. The molecule has 1 aromatic rings. The minimum absolute atomic E-state index is 0.253. The van der Waals surface area contributed by atoms with Crippen LogP contribution in [0.4, 0.5) is 4.39 Å². The summed E-state index contributed by atoms with van der Waals surface area (Å²) in [5.41, 5.74) is 6.93. The SMILES string of the molecule is N=C/C(=C\N)Cc1ccc(F)cc1. The standard InChI is InChI=1S/C10H11FN2/c11-10-3-1-8(2-4-10)5-9(6-12)7-13/h1-4,6-7,12H,5,13H2/b9-7-,12-6?. The number of nitrogens with one attached hydrogen (secondary N) is 1. The average Bonchev–Trinajstić information content (AvgIpc) is 2.17. The van der Waals surface area contributed by atoms with Crippen molar-refractivity contribution in [2.75, 3.05) is 0 Å². The summed E-state index contributed by atoms with van der Waals surface area (Å²) < 4.78 is 12.5. The Balaban J connectivity index is 2.74. The van der Waals surface area contributed by atoms with Crippen LogP contribution in [0.25, 0.3) is 0 Å². The highest BCUT2D eigenvalue weighted by Gasteiger charge is 1.96. The summed E-state index contributed by atoms with van der Waals surface area (Å²) in [5, 5.41) is 7.00. The van der Waals surface area contributed by atoms with E-state index in [1.807, 2.05) is 0 Å². The summed E-state index contributed by atoms with van der Waals surface area (Å²) in [6, 6.07) is 6.16. The largest absolute Gasteiger partial charge is 0.404 e. The Morgan fingerprint density at radius 3 is 2.46 bits per heavy atom. The fourth-order valence-corrected chi connectivity index (χ4v) is 0.996. The molecule has 0 aromatic heterocycles. The Morgan fingerprint density at radius 2 is 2.00 bits per heavy atom. The zero-order chi connectivity index (χ0) is 9.68. The lowest BCUT2D eigenvalue weighted by Crippen LogP contribution is -1.95. The molecule has 0 aliphatic carbocycles. The van der Waals surface area contributed by atoms with Crippen molar-refractivity contribution >= 4 is 6.21 Å². The van der Waals surface area contributed by atoms with Crippen molar-refractivity contribution in [1.82, 2.24) is 0 Å². The fraction of sp³-hybridized carbons (Fsp3) is 0.100. The van der Waals surface area contributed by atoms with Crippen LogP contribution in [-0.2, 0) is 6.42 Å². The van der Waals surface area contributed by atoms with Crippen LogP contribution < -0.4 is 5.73 Å². The van der Waals surface area contributed by atoms with Crippen LogP contribution in [0.15, 0.2) is 36.0 Å². The van der Waals surface area contributed by atoms with Crippen molar-refractivity contribution in [3.05, 3.63) is 47.4 Å². The van der Waals surface area contributed by atoms with E-state index in [4.69, 9.17) is 11.1 Å². The Bertz CT molecular complexity index is 314. The number of rotatable bonds is 3. The molecular weight excluding hydrogens is 167 g/mol. The van der Waals surface area contributed by atoms with Gasteiger partial charge in [-0.3, -0.25) is 0 Å². The number of benzene rings is 1. The molecule has 0 fully saturated rings. The topological polar surface area (TPSA) is 49.9 Å². The molecule has 0 amide bonds. The quantitative estimate of drug-likeness (QED) is 0.682. The molecule has 2 nitrogen and oxygen atoms in total. The van der Waals surface area contributed by atoms with Gasteiger partial charge < -0.3 is 11.1 Å². The Labute approximate surface area is 76.4 Å². The molecule has 0 saturated carbocycles. The number of hydrogen-bond donors (Lipinski definition) is 2. The molecule has 1 aromatic carbocycles. The molecule has 0 bridgehead atoms.